The average molecular weight is 249 g/mol. The fourth-order valence-corrected chi connectivity index (χ4v) is 2.37. The summed E-state index contributed by atoms with van der Waals surface area (Å²) in [6.07, 6.45) is 3.02. The van der Waals surface area contributed by atoms with Gasteiger partial charge in [0.05, 0.1) is 0 Å². The number of anilines is 2. The molecule has 5 heteroatoms. The van der Waals surface area contributed by atoms with Crippen LogP contribution in [0, 0.1) is 0 Å². The Morgan fingerprint density at radius 2 is 2.11 bits per heavy atom. The zero-order chi connectivity index (χ0) is 13.0. The molecule has 100 valence electrons. The number of hydrazine groups is 1. The molecule has 1 aliphatic rings. The number of nitrogens with two attached hydrogens (primary N) is 1. The average Bonchev–Trinajstić information content (AvgIpc) is 2.46. The molecular weight excluding hydrogens is 226 g/mol. The summed E-state index contributed by atoms with van der Waals surface area (Å²) in [5.41, 5.74) is 3.79. The molecule has 3 N–H and O–H groups in total. The van der Waals surface area contributed by atoms with Gasteiger partial charge >= 0.3 is 0 Å². The lowest BCUT2D eigenvalue weighted by Gasteiger charge is -2.39. The second-order valence-corrected chi connectivity index (χ2v) is 4.82. The van der Waals surface area contributed by atoms with Crippen LogP contribution in [0.4, 0.5) is 11.5 Å². The highest BCUT2D eigenvalue weighted by atomic mass is 15.3. The first-order chi connectivity index (χ1) is 8.74. The number of nitrogens with zero attached hydrogens (tertiary/aromatic N) is 3. The van der Waals surface area contributed by atoms with Crippen LogP contribution in [-0.2, 0) is 0 Å². The van der Waals surface area contributed by atoms with Gasteiger partial charge in [0, 0.05) is 50.2 Å². The van der Waals surface area contributed by atoms with Crippen LogP contribution in [0.2, 0.25) is 0 Å². The second-order valence-electron chi connectivity index (χ2n) is 4.82. The molecule has 2 heterocycles. The summed E-state index contributed by atoms with van der Waals surface area (Å²) in [5.74, 6) is 6.11. The molecule has 0 aromatic carbocycles. The third kappa shape index (κ3) is 2.91. The summed E-state index contributed by atoms with van der Waals surface area (Å²) in [6.45, 7) is 8.94. The van der Waals surface area contributed by atoms with Gasteiger partial charge in [0.25, 0.3) is 0 Å². The summed E-state index contributed by atoms with van der Waals surface area (Å²) < 4.78 is 0. The standard InChI is InChI=1S/C13H23N5/c1-3-11(2)17-6-8-18(9-7-17)12-4-5-15-13(10-12)16-14/h4-5,10-11H,3,6-9,14H2,1-2H3,(H,15,16). The Hall–Kier alpha value is -1.33. The summed E-state index contributed by atoms with van der Waals surface area (Å²) in [5, 5.41) is 0. The van der Waals surface area contributed by atoms with Crippen LogP contribution in [0.5, 0.6) is 0 Å². The third-order valence-electron chi connectivity index (χ3n) is 3.78. The highest BCUT2D eigenvalue weighted by Crippen LogP contribution is 2.19. The van der Waals surface area contributed by atoms with Gasteiger partial charge < -0.3 is 10.3 Å². The van der Waals surface area contributed by atoms with Crippen LogP contribution in [0.15, 0.2) is 18.3 Å². The molecule has 2 rings (SSSR count). The van der Waals surface area contributed by atoms with E-state index in [-0.39, 0.29) is 0 Å². The highest BCUT2D eigenvalue weighted by molar-refractivity contribution is 5.53. The van der Waals surface area contributed by atoms with Crippen molar-refractivity contribution < 1.29 is 0 Å². The van der Waals surface area contributed by atoms with Gasteiger partial charge in [0.1, 0.15) is 5.82 Å². The Kier molecular flexibility index (Phi) is 4.38. The Balaban J connectivity index is 1.96. The molecule has 5 nitrogen and oxygen atoms in total. The molecule has 0 bridgehead atoms. The molecule has 1 aliphatic heterocycles. The number of piperazine rings is 1. The second kappa shape index (κ2) is 6.02. The molecule has 18 heavy (non-hydrogen) atoms. The van der Waals surface area contributed by atoms with Gasteiger partial charge in [-0.15, -0.1) is 0 Å². The molecular formula is C13H23N5. The van der Waals surface area contributed by atoms with Gasteiger partial charge in [-0.3, -0.25) is 4.90 Å². The lowest BCUT2D eigenvalue weighted by molar-refractivity contribution is 0.193. The Labute approximate surface area is 109 Å². The van der Waals surface area contributed by atoms with E-state index in [0.717, 1.165) is 32.0 Å². The van der Waals surface area contributed by atoms with Crippen molar-refractivity contribution in [2.24, 2.45) is 5.84 Å². The number of nitrogen functional groups attached to an aromatic ring is 1. The molecule has 0 radical (unpaired) electrons. The van der Waals surface area contributed by atoms with Gasteiger partial charge in [-0.2, -0.15) is 0 Å². The monoisotopic (exact) mass is 249 g/mol. The van der Waals surface area contributed by atoms with E-state index in [0.29, 0.717) is 6.04 Å². The SMILES string of the molecule is CCC(C)N1CCN(c2ccnc(NN)c2)CC1. The summed E-state index contributed by atoms with van der Waals surface area (Å²) >= 11 is 0. The van der Waals surface area contributed by atoms with Gasteiger partial charge in [0.15, 0.2) is 0 Å². The van der Waals surface area contributed by atoms with Crippen LogP contribution in [-0.4, -0.2) is 42.1 Å². The maximum Gasteiger partial charge on any atom is 0.141 e. The fraction of sp³-hybridized carbons (Fsp3) is 0.615. The number of aromatic nitrogens is 1. The lowest BCUT2D eigenvalue weighted by atomic mass is 10.2. The normalized spacial score (nSPS) is 18.7. The quantitative estimate of drug-likeness (QED) is 0.622. The van der Waals surface area contributed by atoms with Crippen molar-refractivity contribution in [1.29, 1.82) is 0 Å². The third-order valence-corrected chi connectivity index (χ3v) is 3.78. The molecule has 1 fully saturated rings. The highest BCUT2D eigenvalue weighted by Gasteiger charge is 2.20. The van der Waals surface area contributed by atoms with Crippen molar-refractivity contribution in [2.45, 2.75) is 26.3 Å². The van der Waals surface area contributed by atoms with E-state index < -0.39 is 0 Å². The molecule has 1 aromatic heterocycles. The van der Waals surface area contributed by atoms with E-state index in [1.54, 1.807) is 6.20 Å². The predicted octanol–water partition coefficient (Wildman–Crippen LogP) is 1.29. The number of nitrogens with one attached hydrogen (secondary N) is 1. The molecule has 1 aromatic rings. The maximum atomic E-state index is 5.39. The van der Waals surface area contributed by atoms with E-state index in [1.807, 2.05) is 12.1 Å². The minimum Gasteiger partial charge on any atom is -0.369 e. The Morgan fingerprint density at radius 3 is 2.72 bits per heavy atom. The maximum absolute atomic E-state index is 5.39. The number of pyridine rings is 1. The molecule has 0 aliphatic carbocycles. The molecule has 1 saturated heterocycles. The van der Waals surface area contributed by atoms with E-state index >= 15 is 0 Å². The summed E-state index contributed by atoms with van der Waals surface area (Å²) in [6, 6.07) is 4.73. The lowest BCUT2D eigenvalue weighted by Crippen LogP contribution is -2.49. The molecule has 1 unspecified atom stereocenters. The molecule has 1 atom stereocenters. The van der Waals surface area contributed by atoms with Crippen LogP contribution in [0.3, 0.4) is 0 Å². The number of hydrogen-bond donors (Lipinski definition) is 2. The smallest absolute Gasteiger partial charge is 0.141 e. The minimum absolute atomic E-state index is 0.686. The van der Waals surface area contributed by atoms with Gasteiger partial charge in [-0.25, -0.2) is 10.8 Å². The van der Waals surface area contributed by atoms with Crippen molar-refractivity contribution in [1.82, 2.24) is 9.88 Å². The van der Waals surface area contributed by atoms with E-state index in [2.05, 4.69) is 34.1 Å². The van der Waals surface area contributed by atoms with Crippen LogP contribution >= 0.6 is 0 Å². The first kappa shape index (κ1) is 13.1. The molecule has 0 amide bonds. The van der Waals surface area contributed by atoms with Gasteiger partial charge in [-0.1, -0.05) is 6.92 Å². The Bertz CT molecular complexity index is 373. The summed E-state index contributed by atoms with van der Waals surface area (Å²) in [4.78, 5) is 9.08. The van der Waals surface area contributed by atoms with Crippen molar-refractivity contribution in [2.75, 3.05) is 36.5 Å². The van der Waals surface area contributed by atoms with Crippen molar-refractivity contribution >= 4 is 11.5 Å². The van der Waals surface area contributed by atoms with Crippen molar-refractivity contribution in [3.63, 3.8) is 0 Å². The zero-order valence-corrected chi connectivity index (χ0v) is 11.3. The topological polar surface area (TPSA) is 57.4 Å². The number of hydrogen-bond acceptors (Lipinski definition) is 5. The number of rotatable bonds is 4. The summed E-state index contributed by atoms with van der Waals surface area (Å²) in [7, 11) is 0. The van der Waals surface area contributed by atoms with E-state index in [1.165, 1.54) is 12.1 Å². The van der Waals surface area contributed by atoms with Crippen LogP contribution in [0.25, 0.3) is 0 Å². The van der Waals surface area contributed by atoms with Gasteiger partial charge in [0.2, 0.25) is 0 Å². The fourth-order valence-electron chi connectivity index (χ4n) is 2.37. The zero-order valence-electron chi connectivity index (χ0n) is 11.3. The van der Waals surface area contributed by atoms with Crippen LogP contribution in [0.1, 0.15) is 20.3 Å². The van der Waals surface area contributed by atoms with Crippen molar-refractivity contribution in [3.05, 3.63) is 18.3 Å². The minimum atomic E-state index is 0.686. The van der Waals surface area contributed by atoms with E-state index in [9.17, 15) is 0 Å². The van der Waals surface area contributed by atoms with Gasteiger partial charge in [-0.05, 0) is 19.4 Å². The van der Waals surface area contributed by atoms with Crippen molar-refractivity contribution in [3.8, 4) is 0 Å². The predicted molar refractivity (Wildman–Crippen MR) is 75.6 cm³/mol. The van der Waals surface area contributed by atoms with E-state index in [4.69, 9.17) is 5.84 Å². The largest absolute Gasteiger partial charge is 0.369 e. The molecule has 0 spiro atoms. The molecule has 0 saturated carbocycles. The Morgan fingerprint density at radius 1 is 1.39 bits per heavy atom. The van der Waals surface area contributed by atoms with Crippen LogP contribution < -0.4 is 16.2 Å². The first-order valence-corrected chi connectivity index (χ1v) is 6.66. The first-order valence-electron chi connectivity index (χ1n) is 6.66.